The highest BCUT2D eigenvalue weighted by atomic mass is 79.9. The maximum atomic E-state index is 11.3. The van der Waals surface area contributed by atoms with Crippen molar-refractivity contribution in [1.82, 2.24) is 15.3 Å². The van der Waals surface area contributed by atoms with Gasteiger partial charge in [0.15, 0.2) is 0 Å². The number of rotatable bonds is 5. The highest BCUT2D eigenvalue weighted by molar-refractivity contribution is 9.10. The number of amides is 1. The van der Waals surface area contributed by atoms with Crippen molar-refractivity contribution >= 4 is 39.3 Å². The third kappa shape index (κ3) is 4.10. The van der Waals surface area contributed by atoms with Crippen LogP contribution in [0.15, 0.2) is 10.7 Å². The van der Waals surface area contributed by atoms with Crippen molar-refractivity contribution in [3.63, 3.8) is 0 Å². The lowest BCUT2D eigenvalue weighted by Gasteiger charge is -2.28. The minimum Gasteiger partial charge on any atom is -0.359 e. The molecule has 7 heteroatoms. The van der Waals surface area contributed by atoms with Crippen molar-refractivity contribution in [1.29, 1.82) is 0 Å². The van der Waals surface area contributed by atoms with Crippen molar-refractivity contribution < 1.29 is 4.79 Å². The second-order valence-electron chi connectivity index (χ2n) is 4.02. The molecular weight excluding hydrogens is 320 g/mol. The molecule has 0 bridgehead atoms. The Hall–Kier alpha value is -0.880. The molecule has 1 rings (SSSR count). The number of hydrogen-bond acceptors (Lipinski definition) is 4. The fourth-order valence-electron chi connectivity index (χ4n) is 1.49. The first kappa shape index (κ1) is 15.2. The van der Waals surface area contributed by atoms with Gasteiger partial charge in [-0.3, -0.25) is 4.79 Å². The molecule has 1 amide bonds. The van der Waals surface area contributed by atoms with Gasteiger partial charge in [0.05, 0.1) is 4.47 Å². The maximum Gasteiger partial charge on any atom is 0.224 e. The number of anilines is 1. The Morgan fingerprint density at radius 2 is 2.28 bits per heavy atom. The largest absolute Gasteiger partial charge is 0.359 e. The Bertz CT molecular complexity index is 428. The number of nitrogens with one attached hydrogen (secondary N) is 1. The molecule has 5 nitrogen and oxygen atoms in total. The van der Waals surface area contributed by atoms with Gasteiger partial charge in [-0.15, -0.1) is 0 Å². The minimum absolute atomic E-state index is 0.00285. The molecule has 0 radical (unpaired) electrons. The lowest BCUT2D eigenvalue weighted by molar-refractivity contribution is -0.120. The van der Waals surface area contributed by atoms with E-state index in [-0.39, 0.29) is 17.2 Å². The van der Waals surface area contributed by atoms with Gasteiger partial charge in [0, 0.05) is 32.3 Å². The molecule has 0 saturated heterocycles. The normalized spacial score (nSPS) is 10.6. The van der Waals surface area contributed by atoms with Gasteiger partial charge in [-0.1, -0.05) is 0 Å². The van der Waals surface area contributed by atoms with Crippen LogP contribution in [0.3, 0.4) is 0 Å². The standard InChI is InChI=1S/C11H16BrClN4O/c1-7(2)17(5-4-9(18)14-3)10-8(12)6-15-11(13)16-10/h6-7H,4-5H2,1-3H3,(H,14,18). The van der Waals surface area contributed by atoms with Crippen LogP contribution in [0.25, 0.3) is 0 Å². The predicted molar refractivity (Wildman–Crippen MR) is 75.9 cm³/mol. The first-order valence-corrected chi connectivity index (χ1v) is 6.78. The third-order valence-electron chi connectivity index (χ3n) is 2.45. The zero-order chi connectivity index (χ0) is 13.7. The average Bonchev–Trinajstić information content (AvgIpc) is 2.32. The van der Waals surface area contributed by atoms with Gasteiger partial charge in [0.25, 0.3) is 0 Å². The molecule has 100 valence electrons. The topological polar surface area (TPSA) is 58.1 Å². The summed E-state index contributed by atoms with van der Waals surface area (Å²) in [7, 11) is 1.62. The van der Waals surface area contributed by atoms with E-state index in [1.54, 1.807) is 13.2 Å². The number of halogens is 2. The SMILES string of the molecule is CNC(=O)CCN(c1nc(Cl)ncc1Br)C(C)C. The van der Waals surface area contributed by atoms with Crippen LogP contribution >= 0.6 is 27.5 Å². The fourth-order valence-corrected chi connectivity index (χ4v) is 2.04. The summed E-state index contributed by atoms with van der Waals surface area (Å²) in [5.41, 5.74) is 0. The molecule has 0 aliphatic heterocycles. The van der Waals surface area contributed by atoms with E-state index in [1.165, 1.54) is 0 Å². The van der Waals surface area contributed by atoms with Crippen LogP contribution in [0, 0.1) is 0 Å². The van der Waals surface area contributed by atoms with Crippen molar-refractivity contribution in [2.24, 2.45) is 0 Å². The average molecular weight is 336 g/mol. The summed E-state index contributed by atoms with van der Waals surface area (Å²) >= 11 is 9.20. The van der Waals surface area contributed by atoms with Gasteiger partial charge in [-0.25, -0.2) is 4.98 Å². The molecular formula is C11H16BrClN4O. The number of aromatic nitrogens is 2. The Labute approximate surface area is 120 Å². The van der Waals surface area contributed by atoms with Crippen LogP contribution in [-0.2, 0) is 4.79 Å². The van der Waals surface area contributed by atoms with Gasteiger partial charge in [-0.05, 0) is 41.4 Å². The van der Waals surface area contributed by atoms with Gasteiger partial charge in [0.1, 0.15) is 5.82 Å². The Morgan fingerprint density at radius 1 is 1.61 bits per heavy atom. The molecule has 1 aromatic rings. The highest BCUT2D eigenvalue weighted by Gasteiger charge is 2.17. The van der Waals surface area contributed by atoms with Gasteiger partial charge in [-0.2, -0.15) is 4.98 Å². The first-order valence-electron chi connectivity index (χ1n) is 5.61. The van der Waals surface area contributed by atoms with E-state index in [2.05, 4.69) is 31.2 Å². The molecule has 1 heterocycles. The van der Waals surface area contributed by atoms with E-state index < -0.39 is 0 Å². The number of hydrogen-bond donors (Lipinski definition) is 1. The molecule has 0 saturated carbocycles. The Balaban J connectivity index is 2.90. The lowest BCUT2D eigenvalue weighted by Crippen LogP contribution is -2.35. The predicted octanol–water partition coefficient (Wildman–Crippen LogP) is 2.24. The molecule has 0 unspecified atom stereocenters. The molecule has 1 aromatic heterocycles. The van der Waals surface area contributed by atoms with Crippen LogP contribution in [-0.4, -0.2) is 35.5 Å². The molecule has 0 fully saturated rings. The fraction of sp³-hybridized carbons (Fsp3) is 0.545. The van der Waals surface area contributed by atoms with E-state index in [1.807, 2.05) is 18.7 Å². The maximum absolute atomic E-state index is 11.3. The van der Waals surface area contributed by atoms with E-state index >= 15 is 0 Å². The molecule has 18 heavy (non-hydrogen) atoms. The summed E-state index contributed by atoms with van der Waals surface area (Å²) in [6, 6.07) is 0.205. The second-order valence-corrected chi connectivity index (χ2v) is 5.21. The molecule has 0 atom stereocenters. The lowest BCUT2D eigenvalue weighted by atomic mass is 10.2. The molecule has 1 N–H and O–H groups in total. The van der Waals surface area contributed by atoms with Crippen LogP contribution in [0.2, 0.25) is 5.28 Å². The van der Waals surface area contributed by atoms with Gasteiger partial charge in [0.2, 0.25) is 11.2 Å². The molecule has 0 aliphatic rings. The van der Waals surface area contributed by atoms with Gasteiger partial charge < -0.3 is 10.2 Å². The number of carbonyl (C=O) groups is 1. The third-order valence-corrected chi connectivity index (χ3v) is 3.19. The Kier molecular flexibility index (Phi) is 5.81. The number of carbonyl (C=O) groups excluding carboxylic acids is 1. The van der Waals surface area contributed by atoms with Crippen molar-refractivity contribution in [2.75, 3.05) is 18.5 Å². The molecule has 0 spiro atoms. The summed E-state index contributed by atoms with van der Waals surface area (Å²) in [5.74, 6) is 0.700. The molecule has 0 aliphatic carbocycles. The van der Waals surface area contributed by atoms with Crippen molar-refractivity contribution in [3.8, 4) is 0 Å². The summed E-state index contributed by atoms with van der Waals surface area (Å²) in [4.78, 5) is 21.4. The summed E-state index contributed by atoms with van der Waals surface area (Å²) in [5, 5.41) is 2.79. The zero-order valence-corrected chi connectivity index (χ0v) is 12.9. The zero-order valence-electron chi connectivity index (χ0n) is 10.6. The molecule has 0 aromatic carbocycles. The highest BCUT2D eigenvalue weighted by Crippen LogP contribution is 2.26. The van der Waals surface area contributed by atoms with E-state index in [0.717, 1.165) is 4.47 Å². The van der Waals surface area contributed by atoms with Crippen LogP contribution in [0.5, 0.6) is 0 Å². The van der Waals surface area contributed by atoms with Crippen LogP contribution < -0.4 is 10.2 Å². The van der Waals surface area contributed by atoms with E-state index in [0.29, 0.717) is 18.8 Å². The smallest absolute Gasteiger partial charge is 0.224 e. The van der Waals surface area contributed by atoms with Crippen molar-refractivity contribution in [3.05, 3.63) is 16.0 Å². The van der Waals surface area contributed by atoms with E-state index in [9.17, 15) is 4.79 Å². The quantitative estimate of drug-likeness (QED) is 0.839. The summed E-state index contributed by atoms with van der Waals surface area (Å²) in [6.07, 6.45) is 2.02. The number of nitrogens with zero attached hydrogens (tertiary/aromatic N) is 3. The van der Waals surface area contributed by atoms with Gasteiger partial charge >= 0.3 is 0 Å². The second kappa shape index (κ2) is 6.89. The summed E-state index contributed by atoms with van der Waals surface area (Å²) in [6.45, 7) is 4.64. The Morgan fingerprint density at radius 3 is 2.83 bits per heavy atom. The van der Waals surface area contributed by atoms with Crippen LogP contribution in [0.1, 0.15) is 20.3 Å². The first-order chi connectivity index (χ1) is 8.45. The van der Waals surface area contributed by atoms with Crippen LogP contribution in [0.4, 0.5) is 5.82 Å². The van der Waals surface area contributed by atoms with Crippen molar-refractivity contribution in [2.45, 2.75) is 26.3 Å². The summed E-state index contributed by atoms with van der Waals surface area (Å²) < 4.78 is 0.762. The monoisotopic (exact) mass is 334 g/mol. The minimum atomic E-state index is -0.00285. The van der Waals surface area contributed by atoms with E-state index in [4.69, 9.17) is 11.6 Å².